The van der Waals surface area contributed by atoms with E-state index >= 15 is 0 Å². The Morgan fingerprint density at radius 1 is 1.38 bits per heavy atom. The number of hydrogen-bond donors (Lipinski definition) is 2. The van der Waals surface area contributed by atoms with Gasteiger partial charge in [0.2, 0.25) is 5.91 Å². The number of carbonyl (C=O) groups excluding carboxylic acids is 1. The van der Waals surface area contributed by atoms with Crippen LogP contribution < -0.4 is 10.6 Å². The van der Waals surface area contributed by atoms with Crippen LogP contribution in [0.5, 0.6) is 0 Å². The maximum atomic E-state index is 11.8. The third-order valence-corrected chi connectivity index (χ3v) is 2.61. The molecule has 0 unspecified atom stereocenters. The Morgan fingerprint density at radius 3 is 2.71 bits per heavy atom. The summed E-state index contributed by atoms with van der Waals surface area (Å²) in [6.45, 7) is 0.595. The minimum Gasteiger partial charge on any atom is -0.324 e. The molecule has 1 aromatic heterocycles. The SMILES string of the molecule is CNCc1cn(CC(=O)Nc2ccc([N+](=O)[O-])cc2)nn1. The molecule has 21 heavy (non-hydrogen) atoms. The van der Waals surface area contributed by atoms with Gasteiger partial charge >= 0.3 is 0 Å². The predicted octanol–water partition coefficient (Wildman–Crippen LogP) is 0.544. The fourth-order valence-corrected chi connectivity index (χ4v) is 1.69. The van der Waals surface area contributed by atoms with Crippen LogP contribution in [-0.4, -0.2) is 32.9 Å². The minimum atomic E-state index is -0.496. The van der Waals surface area contributed by atoms with E-state index in [1.807, 2.05) is 0 Å². The quantitative estimate of drug-likeness (QED) is 0.593. The largest absolute Gasteiger partial charge is 0.324 e. The maximum Gasteiger partial charge on any atom is 0.269 e. The maximum absolute atomic E-state index is 11.8. The number of hydrogen-bond acceptors (Lipinski definition) is 6. The molecule has 1 aromatic carbocycles. The number of aromatic nitrogens is 3. The van der Waals surface area contributed by atoms with Gasteiger partial charge in [-0.2, -0.15) is 0 Å². The van der Waals surface area contributed by atoms with E-state index in [1.54, 1.807) is 13.2 Å². The molecule has 0 atom stereocenters. The van der Waals surface area contributed by atoms with Crippen LogP contribution in [0.25, 0.3) is 0 Å². The van der Waals surface area contributed by atoms with Crippen molar-refractivity contribution in [2.75, 3.05) is 12.4 Å². The number of rotatable bonds is 6. The molecule has 0 aliphatic carbocycles. The van der Waals surface area contributed by atoms with Crippen molar-refractivity contribution in [2.45, 2.75) is 13.1 Å². The van der Waals surface area contributed by atoms with Crippen molar-refractivity contribution in [1.82, 2.24) is 20.3 Å². The molecular formula is C12H14N6O3. The second-order valence-electron chi connectivity index (χ2n) is 4.29. The molecular weight excluding hydrogens is 276 g/mol. The summed E-state index contributed by atoms with van der Waals surface area (Å²) >= 11 is 0. The summed E-state index contributed by atoms with van der Waals surface area (Å²) < 4.78 is 1.42. The number of nitro groups is 1. The second-order valence-corrected chi connectivity index (χ2v) is 4.29. The van der Waals surface area contributed by atoms with Crippen LogP contribution in [-0.2, 0) is 17.9 Å². The Kier molecular flexibility index (Phi) is 4.57. The van der Waals surface area contributed by atoms with Gasteiger partial charge in [-0.25, -0.2) is 4.68 Å². The van der Waals surface area contributed by atoms with Gasteiger partial charge < -0.3 is 10.6 Å². The highest BCUT2D eigenvalue weighted by atomic mass is 16.6. The van der Waals surface area contributed by atoms with E-state index in [0.717, 1.165) is 5.69 Å². The molecule has 1 amide bonds. The van der Waals surface area contributed by atoms with E-state index in [-0.39, 0.29) is 18.1 Å². The Hall–Kier alpha value is -2.81. The van der Waals surface area contributed by atoms with Gasteiger partial charge in [0.15, 0.2) is 0 Å². The number of amides is 1. The zero-order chi connectivity index (χ0) is 15.2. The van der Waals surface area contributed by atoms with Gasteiger partial charge in [-0.3, -0.25) is 14.9 Å². The third kappa shape index (κ3) is 4.08. The number of nitro benzene ring substituents is 1. The van der Waals surface area contributed by atoms with Gasteiger partial charge in [0.1, 0.15) is 6.54 Å². The van der Waals surface area contributed by atoms with Gasteiger partial charge in [-0.1, -0.05) is 5.21 Å². The lowest BCUT2D eigenvalue weighted by molar-refractivity contribution is -0.384. The molecule has 2 N–H and O–H groups in total. The minimum absolute atomic E-state index is 0.0215. The molecule has 0 aliphatic rings. The first-order chi connectivity index (χ1) is 10.1. The molecule has 0 saturated carbocycles. The predicted molar refractivity (Wildman–Crippen MR) is 74.5 cm³/mol. The van der Waals surface area contributed by atoms with Crippen LogP contribution in [0.1, 0.15) is 5.69 Å². The summed E-state index contributed by atoms with van der Waals surface area (Å²) in [6, 6.07) is 5.61. The van der Waals surface area contributed by atoms with Crippen LogP contribution in [0.4, 0.5) is 11.4 Å². The first-order valence-electron chi connectivity index (χ1n) is 6.16. The molecule has 1 heterocycles. The Bertz CT molecular complexity index is 637. The molecule has 0 radical (unpaired) electrons. The highest BCUT2D eigenvalue weighted by Gasteiger charge is 2.08. The molecule has 9 nitrogen and oxygen atoms in total. The van der Waals surface area contributed by atoms with Crippen molar-refractivity contribution in [3.8, 4) is 0 Å². The molecule has 0 saturated heterocycles. The molecule has 2 aromatic rings. The summed E-state index contributed by atoms with van der Waals surface area (Å²) in [6.07, 6.45) is 1.67. The van der Waals surface area contributed by atoms with E-state index < -0.39 is 4.92 Å². The average Bonchev–Trinajstić information content (AvgIpc) is 2.87. The van der Waals surface area contributed by atoms with Gasteiger partial charge in [0.25, 0.3) is 5.69 Å². The molecule has 9 heteroatoms. The van der Waals surface area contributed by atoms with Crippen LogP contribution in [0.3, 0.4) is 0 Å². The normalized spacial score (nSPS) is 10.3. The first kappa shape index (κ1) is 14.6. The van der Waals surface area contributed by atoms with Crippen LogP contribution in [0, 0.1) is 10.1 Å². The van der Waals surface area contributed by atoms with Crippen LogP contribution in [0.15, 0.2) is 30.5 Å². The van der Waals surface area contributed by atoms with Crippen molar-refractivity contribution >= 4 is 17.3 Å². The van der Waals surface area contributed by atoms with E-state index in [9.17, 15) is 14.9 Å². The van der Waals surface area contributed by atoms with Crippen molar-refractivity contribution in [3.63, 3.8) is 0 Å². The highest BCUT2D eigenvalue weighted by Crippen LogP contribution is 2.15. The number of nitrogens with one attached hydrogen (secondary N) is 2. The molecule has 110 valence electrons. The number of anilines is 1. The zero-order valence-corrected chi connectivity index (χ0v) is 11.3. The fraction of sp³-hybridized carbons (Fsp3) is 0.250. The van der Waals surface area contributed by atoms with Crippen molar-refractivity contribution in [3.05, 3.63) is 46.3 Å². The van der Waals surface area contributed by atoms with Gasteiger partial charge in [-0.15, -0.1) is 5.10 Å². The summed E-state index contributed by atoms with van der Waals surface area (Å²) in [4.78, 5) is 21.8. The second kappa shape index (κ2) is 6.57. The highest BCUT2D eigenvalue weighted by molar-refractivity contribution is 5.90. The Labute approximate surface area is 120 Å². The summed E-state index contributed by atoms with van der Waals surface area (Å²) in [5.74, 6) is -0.287. The number of nitrogens with zero attached hydrogens (tertiary/aromatic N) is 4. The van der Waals surface area contributed by atoms with Crippen molar-refractivity contribution < 1.29 is 9.72 Å². The van der Waals surface area contributed by atoms with Gasteiger partial charge in [-0.05, 0) is 19.2 Å². The zero-order valence-electron chi connectivity index (χ0n) is 11.3. The Morgan fingerprint density at radius 2 is 2.10 bits per heavy atom. The lowest BCUT2D eigenvalue weighted by atomic mass is 10.3. The third-order valence-electron chi connectivity index (χ3n) is 2.61. The lowest BCUT2D eigenvalue weighted by Crippen LogP contribution is -2.19. The molecule has 0 aliphatic heterocycles. The molecule has 0 fully saturated rings. The topological polar surface area (TPSA) is 115 Å². The smallest absolute Gasteiger partial charge is 0.269 e. The van der Waals surface area contributed by atoms with Crippen LogP contribution in [0.2, 0.25) is 0 Å². The summed E-state index contributed by atoms with van der Waals surface area (Å²) in [7, 11) is 1.79. The summed E-state index contributed by atoms with van der Waals surface area (Å²) in [5, 5.41) is 23.8. The molecule has 2 rings (SSSR count). The molecule has 0 bridgehead atoms. The lowest BCUT2D eigenvalue weighted by Gasteiger charge is -2.04. The first-order valence-corrected chi connectivity index (χ1v) is 6.16. The monoisotopic (exact) mass is 290 g/mol. The summed E-state index contributed by atoms with van der Waals surface area (Å²) in [5.41, 5.74) is 1.20. The number of carbonyl (C=O) groups is 1. The van der Waals surface area contributed by atoms with Gasteiger partial charge in [0, 0.05) is 24.4 Å². The number of non-ortho nitro benzene ring substituents is 1. The van der Waals surface area contributed by atoms with E-state index in [1.165, 1.54) is 28.9 Å². The standard InChI is InChI=1S/C12H14N6O3/c1-13-6-10-7-17(16-15-10)8-12(19)14-9-2-4-11(5-3-9)18(20)21/h2-5,7,13H,6,8H2,1H3,(H,14,19). The number of benzene rings is 1. The van der Waals surface area contributed by atoms with Crippen molar-refractivity contribution in [2.24, 2.45) is 0 Å². The average molecular weight is 290 g/mol. The molecule has 0 spiro atoms. The fourth-order valence-electron chi connectivity index (χ4n) is 1.69. The Balaban J connectivity index is 1.92. The van der Waals surface area contributed by atoms with Crippen LogP contribution >= 0.6 is 0 Å². The van der Waals surface area contributed by atoms with E-state index in [0.29, 0.717) is 12.2 Å². The van der Waals surface area contributed by atoms with E-state index in [2.05, 4.69) is 20.9 Å². The van der Waals surface area contributed by atoms with Gasteiger partial charge in [0.05, 0.1) is 16.8 Å². The van der Waals surface area contributed by atoms with E-state index in [4.69, 9.17) is 0 Å². The van der Waals surface area contributed by atoms with Crippen molar-refractivity contribution in [1.29, 1.82) is 0 Å².